The van der Waals surface area contributed by atoms with Crippen molar-refractivity contribution in [3.05, 3.63) is 41.6 Å². The smallest absolute Gasteiger partial charge is 0.239 e. The molecule has 5 nitrogen and oxygen atoms in total. The van der Waals surface area contributed by atoms with E-state index in [1.54, 1.807) is 0 Å². The standard InChI is InChI=1S/C15H21N5/c1-3-4-5-12-6-8-13(9-7-12)18-14-10-11(2)17-15(19-14)20-16/h6-10H,3-5,16H2,1-2H3,(H2,17,18,19,20). The molecule has 0 fully saturated rings. The maximum absolute atomic E-state index is 5.34. The van der Waals surface area contributed by atoms with Crippen LogP contribution < -0.4 is 16.6 Å². The van der Waals surface area contributed by atoms with Gasteiger partial charge in [-0.3, -0.25) is 5.43 Å². The lowest BCUT2D eigenvalue weighted by Crippen LogP contribution is -2.11. The third-order valence-corrected chi connectivity index (χ3v) is 3.03. The predicted octanol–water partition coefficient (Wildman–Crippen LogP) is 3.16. The van der Waals surface area contributed by atoms with Crippen LogP contribution in [0.3, 0.4) is 0 Å². The van der Waals surface area contributed by atoms with Crippen LogP contribution in [0.5, 0.6) is 0 Å². The van der Waals surface area contributed by atoms with Crippen molar-refractivity contribution in [1.29, 1.82) is 0 Å². The summed E-state index contributed by atoms with van der Waals surface area (Å²) in [7, 11) is 0. The van der Waals surface area contributed by atoms with E-state index in [0.29, 0.717) is 5.95 Å². The number of hydrogen-bond acceptors (Lipinski definition) is 5. The molecule has 0 saturated heterocycles. The molecule has 0 amide bonds. The molecule has 0 aliphatic heterocycles. The van der Waals surface area contributed by atoms with E-state index in [2.05, 4.69) is 51.9 Å². The van der Waals surface area contributed by atoms with Gasteiger partial charge < -0.3 is 5.32 Å². The number of anilines is 3. The highest BCUT2D eigenvalue weighted by Gasteiger charge is 2.01. The van der Waals surface area contributed by atoms with Crippen LogP contribution in [0.4, 0.5) is 17.5 Å². The summed E-state index contributed by atoms with van der Waals surface area (Å²) in [5.74, 6) is 6.48. The Morgan fingerprint density at radius 1 is 1.15 bits per heavy atom. The fraction of sp³-hybridized carbons (Fsp3) is 0.333. The van der Waals surface area contributed by atoms with E-state index >= 15 is 0 Å². The highest BCUT2D eigenvalue weighted by Crippen LogP contribution is 2.17. The number of nitrogens with two attached hydrogens (primary N) is 1. The van der Waals surface area contributed by atoms with Crippen molar-refractivity contribution >= 4 is 17.5 Å². The molecule has 1 aromatic heterocycles. The van der Waals surface area contributed by atoms with Gasteiger partial charge in [-0.1, -0.05) is 25.5 Å². The van der Waals surface area contributed by atoms with Crippen molar-refractivity contribution in [2.75, 3.05) is 10.7 Å². The Labute approximate surface area is 119 Å². The second-order valence-electron chi connectivity index (χ2n) is 4.79. The van der Waals surface area contributed by atoms with Crippen LogP contribution >= 0.6 is 0 Å². The van der Waals surface area contributed by atoms with Crippen molar-refractivity contribution < 1.29 is 0 Å². The molecule has 4 N–H and O–H groups in total. The molecular weight excluding hydrogens is 250 g/mol. The molecule has 2 rings (SSSR count). The van der Waals surface area contributed by atoms with Crippen molar-refractivity contribution in [2.24, 2.45) is 5.84 Å². The zero-order valence-electron chi connectivity index (χ0n) is 12.0. The highest BCUT2D eigenvalue weighted by atomic mass is 15.3. The molecule has 1 aromatic carbocycles. The van der Waals surface area contributed by atoms with Crippen molar-refractivity contribution in [3.8, 4) is 0 Å². The lowest BCUT2D eigenvalue weighted by Gasteiger charge is -2.09. The summed E-state index contributed by atoms with van der Waals surface area (Å²) in [6.45, 7) is 4.11. The summed E-state index contributed by atoms with van der Waals surface area (Å²) in [4.78, 5) is 8.42. The van der Waals surface area contributed by atoms with Gasteiger partial charge in [0.25, 0.3) is 0 Å². The Bertz CT molecular complexity index is 551. The summed E-state index contributed by atoms with van der Waals surface area (Å²) in [5.41, 5.74) is 5.69. The normalized spacial score (nSPS) is 10.3. The second-order valence-corrected chi connectivity index (χ2v) is 4.79. The first-order valence-electron chi connectivity index (χ1n) is 6.89. The number of nitrogens with one attached hydrogen (secondary N) is 2. The van der Waals surface area contributed by atoms with Crippen LogP contribution in [0.2, 0.25) is 0 Å². The Kier molecular flexibility index (Phi) is 4.90. The van der Waals surface area contributed by atoms with E-state index < -0.39 is 0 Å². The minimum atomic E-state index is 0.409. The summed E-state index contributed by atoms with van der Waals surface area (Å²) in [6, 6.07) is 10.3. The van der Waals surface area contributed by atoms with E-state index in [-0.39, 0.29) is 0 Å². The summed E-state index contributed by atoms with van der Waals surface area (Å²) >= 11 is 0. The Morgan fingerprint density at radius 3 is 2.55 bits per heavy atom. The first-order chi connectivity index (χ1) is 9.71. The molecule has 0 radical (unpaired) electrons. The second kappa shape index (κ2) is 6.86. The van der Waals surface area contributed by atoms with Crippen LogP contribution in [0.1, 0.15) is 31.0 Å². The molecule has 0 aliphatic rings. The maximum atomic E-state index is 5.34. The number of aromatic nitrogens is 2. The molecule has 5 heteroatoms. The van der Waals surface area contributed by atoms with Crippen LogP contribution in [0.15, 0.2) is 30.3 Å². The largest absolute Gasteiger partial charge is 0.340 e. The summed E-state index contributed by atoms with van der Waals surface area (Å²) in [6.07, 6.45) is 3.57. The van der Waals surface area contributed by atoms with E-state index in [0.717, 1.165) is 23.6 Å². The number of nitrogens with zero attached hydrogens (tertiary/aromatic N) is 2. The number of hydrazine groups is 1. The van der Waals surface area contributed by atoms with Gasteiger partial charge in [0.2, 0.25) is 5.95 Å². The van der Waals surface area contributed by atoms with Gasteiger partial charge in [0.05, 0.1) is 0 Å². The number of nitrogen functional groups attached to an aromatic ring is 1. The third kappa shape index (κ3) is 3.93. The fourth-order valence-electron chi connectivity index (χ4n) is 1.98. The van der Waals surface area contributed by atoms with E-state index in [1.165, 1.54) is 18.4 Å². The minimum absolute atomic E-state index is 0.409. The monoisotopic (exact) mass is 271 g/mol. The van der Waals surface area contributed by atoms with E-state index in [1.807, 2.05) is 13.0 Å². The quantitative estimate of drug-likeness (QED) is 0.556. The fourth-order valence-corrected chi connectivity index (χ4v) is 1.98. The zero-order chi connectivity index (χ0) is 14.4. The number of hydrogen-bond donors (Lipinski definition) is 3. The van der Waals surface area contributed by atoms with Gasteiger partial charge >= 0.3 is 0 Å². The van der Waals surface area contributed by atoms with Gasteiger partial charge in [-0.05, 0) is 37.5 Å². The van der Waals surface area contributed by atoms with Gasteiger partial charge in [-0.2, -0.15) is 4.98 Å². The molecule has 0 unspecified atom stereocenters. The third-order valence-electron chi connectivity index (χ3n) is 3.03. The van der Waals surface area contributed by atoms with Crippen LogP contribution in [0, 0.1) is 6.92 Å². The van der Waals surface area contributed by atoms with E-state index in [9.17, 15) is 0 Å². The lowest BCUT2D eigenvalue weighted by atomic mass is 10.1. The number of aryl methyl sites for hydroxylation is 2. The molecule has 0 saturated carbocycles. The highest BCUT2D eigenvalue weighted by molar-refractivity contribution is 5.57. The zero-order valence-corrected chi connectivity index (χ0v) is 12.0. The number of benzene rings is 1. The summed E-state index contributed by atoms with van der Waals surface area (Å²) in [5, 5.41) is 3.26. The molecule has 1 heterocycles. The molecular formula is C15H21N5. The lowest BCUT2D eigenvalue weighted by molar-refractivity contribution is 0.795. The van der Waals surface area contributed by atoms with Crippen LogP contribution in [-0.2, 0) is 6.42 Å². The molecule has 106 valence electrons. The first-order valence-corrected chi connectivity index (χ1v) is 6.89. The Hall–Kier alpha value is -2.14. The average Bonchev–Trinajstić information content (AvgIpc) is 2.46. The molecule has 0 spiro atoms. The van der Waals surface area contributed by atoms with Gasteiger partial charge in [-0.25, -0.2) is 10.8 Å². The van der Waals surface area contributed by atoms with Gasteiger partial charge in [0, 0.05) is 17.4 Å². The van der Waals surface area contributed by atoms with E-state index in [4.69, 9.17) is 5.84 Å². The van der Waals surface area contributed by atoms with Crippen molar-refractivity contribution in [3.63, 3.8) is 0 Å². The molecule has 0 atom stereocenters. The number of unbranched alkanes of at least 4 members (excludes halogenated alkanes) is 1. The minimum Gasteiger partial charge on any atom is -0.340 e. The maximum Gasteiger partial charge on any atom is 0.239 e. The molecule has 20 heavy (non-hydrogen) atoms. The molecule has 0 bridgehead atoms. The predicted molar refractivity (Wildman–Crippen MR) is 82.9 cm³/mol. The molecule has 0 aliphatic carbocycles. The van der Waals surface area contributed by atoms with Crippen molar-refractivity contribution in [2.45, 2.75) is 33.1 Å². The Morgan fingerprint density at radius 2 is 1.90 bits per heavy atom. The van der Waals surface area contributed by atoms with Gasteiger partial charge in [0.15, 0.2) is 0 Å². The van der Waals surface area contributed by atoms with Gasteiger partial charge in [-0.15, -0.1) is 0 Å². The van der Waals surface area contributed by atoms with Crippen LogP contribution in [-0.4, -0.2) is 9.97 Å². The Balaban J connectivity index is 2.07. The molecule has 2 aromatic rings. The first kappa shape index (κ1) is 14.3. The SMILES string of the molecule is CCCCc1ccc(Nc2cc(C)nc(NN)n2)cc1. The summed E-state index contributed by atoms with van der Waals surface area (Å²) < 4.78 is 0. The van der Waals surface area contributed by atoms with Gasteiger partial charge in [0.1, 0.15) is 5.82 Å². The average molecular weight is 271 g/mol. The van der Waals surface area contributed by atoms with Crippen LogP contribution in [0.25, 0.3) is 0 Å². The number of rotatable bonds is 6. The topological polar surface area (TPSA) is 75.9 Å². The van der Waals surface area contributed by atoms with Crippen molar-refractivity contribution in [1.82, 2.24) is 9.97 Å².